The van der Waals surface area contributed by atoms with Crippen molar-refractivity contribution in [1.29, 1.82) is 0 Å². The highest BCUT2D eigenvalue weighted by molar-refractivity contribution is 7.98. The van der Waals surface area contributed by atoms with Crippen LogP contribution in [0.2, 0.25) is 0 Å². The van der Waals surface area contributed by atoms with E-state index in [2.05, 4.69) is 61.4 Å². The van der Waals surface area contributed by atoms with Gasteiger partial charge >= 0.3 is 0 Å². The molecule has 0 amide bonds. The Kier molecular flexibility index (Phi) is 12.1. The Labute approximate surface area is 130 Å². The van der Waals surface area contributed by atoms with Crippen molar-refractivity contribution in [2.45, 2.75) is 53.1 Å². The van der Waals surface area contributed by atoms with Gasteiger partial charge in [-0.25, -0.2) is 0 Å². The second kappa shape index (κ2) is 12.3. The second-order valence-electron chi connectivity index (χ2n) is 5.46. The number of guanidine groups is 1. The lowest BCUT2D eigenvalue weighted by atomic mass is 10.2. The number of nitrogens with zero attached hydrogens (tertiary/aromatic N) is 2. The van der Waals surface area contributed by atoms with Crippen LogP contribution in [0, 0.1) is 0 Å². The van der Waals surface area contributed by atoms with Crippen molar-refractivity contribution in [3.8, 4) is 0 Å². The van der Waals surface area contributed by atoms with Crippen molar-refractivity contribution in [3.63, 3.8) is 0 Å². The average Bonchev–Trinajstić information content (AvgIpc) is 2.37. The summed E-state index contributed by atoms with van der Waals surface area (Å²) in [7, 11) is 0. The first kappa shape index (κ1) is 19.6. The van der Waals surface area contributed by atoms with E-state index in [-0.39, 0.29) is 0 Å². The van der Waals surface area contributed by atoms with Gasteiger partial charge in [-0.3, -0.25) is 9.89 Å². The third kappa shape index (κ3) is 9.48. The molecule has 0 saturated carbocycles. The summed E-state index contributed by atoms with van der Waals surface area (Å²) in [5, 5.41) is 6.65. The minimum absolute atomic E-state index is 0.604. The number of hydrogen-bond acceptors (Lipinski definition) is 3. The van der Waals surface area contributed by atoms with E-state index in [1.807, 2.05) is 11.8 Å². The zero-order valence-corrected chi connectivity index (χ0v) is 15.0. The molecule has 4 nitrogen and oxygen atoms in total. The van der Waals surface area contributed by atoms with Crippen LogP contribution in [0.15, 0.2) is 4.99 Å². The van der Waals surface area contributed by atoms with Crippen LogP contribution in [-0.4, -0.2) is 61.1 Å². The lowest BCUT2D eigenvalue weighted by Crippen LogP contribution is -2.39. The Morgan fingerprint density at radius 3 is 2.30 bits per heavy atom. The first-order valence-corrected chi connectivity index (χ1v) is 9.19. The fourth-order valence-electron chi connectivity index (χ4n) is 2.17. The van der Waals surface area contributed by atoms with Crippen molar-refractivity contribution in [3.05, 3.63) is 0 Å². The van der Waals surface area contributed by atoms with Gasteiger partial charge in [0.15, 0.2) is 5.96 Å². The zero-order chi connectivity index (χ0) is 15.4. The number of nitrogens with one attached hydrogen (secondary N) is 2. The van der Waals surface area contributed by atoms with Gasteiger partial charge in [0.2, 0.25) is 0 Å². The van der Waals surface area contributed by atoms with Crippen LogP contribution in [-0.2, 0) is 0 Å². The van der Waals surface area contributed by atoms with E-state index < -0.39 is 0 Å². The highest BCUT2D eigenvalue weighted by Gasteiger charge is 2.11. The lowest BCUT2D eigenvalue weighted by molar-refractivity contribution is 0.174. The van der Waals surface area contributed by atoms with Crippen LogP contribution in [0.3, 0.4) is 0 Å². The second-order valence-corrected chi connectivity index (χ2v) is 6.44. The minimum atomic E-state index is 0.604. The summed E-state index contributed by atoms with van der Waals surface area (Å²) in [6.45, 7) is 15.0. The highest BCUT2D eigenvalue weighted by atomic mass is 32.2. The molecule has 0 aromatic rings. The molecule has 5 heteroatoms. The number of hydrogen-bond donors (Lipinski definition) is 2. The van der Waals surface area contributed by atoms with E-state index in [4.69, 9.17) is 0 Å². The third-order valence-corrected chi connectivity index (χ3v) is 3.73. The molecule has 0 rings (SSSR count). The molecule has 0 aliphatic carbocycles. The fraction of sp³-hybridized carbons (Fsp3) is 0.933. The fourth-order valence-corrected chi connectivity index (χ4v) is 2.48. The van der Waals surface area contributed by atoms with Gasteiger partial charge in [0.25, 0.3) is 0 Å². The number of aliphatic imine (C=N–C) groups is 1. The van der Waals surface area contributed by atoms with Crippen molar-refractivity contribution >= 4 is 17.7 Å². The first-order chi connectivity index (χ1) is 9.52. The smallest absolute Gasteiger partial charge is 0.191 e. The summed E-state index contributed by atoms with van der Waals surface area (Å²) in [6, 6.07) is 1.21. The molecule has 120 valence electrons. The van der Waals surface area contributed by atoms with Gasteiger partial charge in [-0.1, -0.05) is 0 Å². The molecule has 2 N–H and O–H groups in total. The monoisotopic (exact) mass is 302 g/mol. The molecule has 0 aromatic heterocycles. The zero-order valence-electron chi connectivity index (χ0n) is 14.2. The van der Waals surface area contributed by atoms with Crippen LogP contribution in [0.25, 0.3) is 0 Å². The molecule has 0 aliphatic rings. The predicted molar refractivity (Wildman–Crippen MR) is 94.0 cm³/mol. The SMILES string of the molecule is CCNC(=NCCCN(C(C)C)C(C)C)NCCSC. The maximum absolute atomic E-state index is 4.63. The summed E-state index contributed by atoms with van der Waals surface area (Å²) in [5.74, 6) is 2.06. The molecule has 0 atom stereocenters. The van der Waals surface area contributed by atoms with Crippen molar-refractivity contribution in [2.24, 2.45) is 4.99 Å². The molecule has 0 aliphatic heterocycles. The summed E-state index contributed by atoms with van der Waals surface area (Å²) < 4.78 is 0. The Morgan fingerprint density at radius 2 is 1.80 bits per heavy atom. The van der Waals surface area contributed by atoms with E-state index in [9.17, 15) is 0 Å². The largest absolute Gasteiger partial charge is 0.357 e. The van der Waals surface area contributed by atoms with Gasteiger partial charge in [0, 0.05) is 44.0 Å². The van der Waals surface area contributed by atoms with E-state index >= 15 is 0 Å². The third-order valence-electron chi connectivity index (χ3n) is 3.11. The Morgan fingerprint density at radius 1 is 1.15 bits per heavy atom. The lowest BCUT2D eigenvalue weighted by Gasteiger charge is -2.30. The molecule has 0 unspecified atom stereocenters. The first-order valence-electron chi connectivity index (χ1n) is 7.79. The van der Waals surface area contributed by atoms with E-state index in [1.54, 1.807) is 0 Å². The van der Waals surface area contributed by atoms with E-state index in [0.717, 1.165) is 44.3 Å². The molecule has 0 aromatic carbocycles. The van der Waals surface area contributed by atoms with Crippen molar-refractivity contribution in [2.75, 3.05) is 38.2 Å². The number of thioether (sulfide) groups is 1. The summed E-state index contributed by atoms with van der Waals surface area (Å²) >= 11 is 1.85. The Balaban J connectivity index is 4.08. The van der Waals surface area contributed by atoms with Gasteiger partial charge in [-0.05, 0) is 47.3 Å². The maximum Gasteiger partial charge on any atom is 0.191 e. The standard InChI is InChI=1S/C15H34N4S/c1-7-16-15(18-10-12-20-6)17-9-8-11-19(13(2)3)14(4)5/h13-14H,7-12H2,1-6H3,(H2,16,17,18). The predicted octanol–water partition coefficient (Wildman–Crippen LogP) is 2.41. The van der Waals surface area contributed by atoms with Crippen LogP contribution >= 0.6 is 11.8 Å². The molecular formula is C15H34N4S. The van der Waals surface area contributed by atoms with E-state index in [0.29, 0.717) is 12.1 Å². The maximum atomic E-state index is 4.63. The molecule has 0 saturated heterocycles. The molecule has 0 heterocycles. The van der Waals surface area contributed by atoms with Crippen LogP contribution in [0.4, 0.5) is 0 Å². The van der Waals surface area contributed by atoms with Crippen molar-refractivity contribution in [1.82, 2.24) is 15.5 Å². The van der Waals surface area contributed by atoms with Gasteiger partial charge in [0.1, 0.15) is 0 Å². The van der Waals surface area contributed by atoms with E-state index in [1.165, 1.54) is 0 Å². The van der Waals surface area contributed by atoms with Gasteiger partial charge < -0.3 is 10.6 Å². The Hall–Kier alpha value is -0.420. The molecular weight excluding hydrogens is 268 g/mol. The quantitative estimate of drug-likeness (QED) is 0.369. The van der Waals surface area contributed by atoms with Gasteiger partial charge in [-0.2, -0.15) is 11.8 Å². The van der Waals surface area contributed by atoms with Gasteiger partial charge in [0.05, 0.1) is 0 Å². The van der Waals surface area contributed by atoms with Crippen LogP contribution < -0.4 is 10.6 Å². The molecule has 0 radical (unpaired) electrons. The summed E-state index contributed by atoms with van der Waals surface area (Å²) in [5.41, 5.74) is 0. The molecule has 0 spiro atoms. The Bertz CT molecular complexity index is 246. The minimum Gasteiger partial charge on any atom is -0.357 e. The van der Waals surface area contributed by atoms with Crippen molar-refractivity contribution < 1.29 is 0 Å². The highest BCUT2D eigenvalue weighted by Crippen LogP contribution is 2.05. The summed E-state index contributed by atoms with van der Waals surface area (Å²) in [4.78, 5) is 7.15. The molecule has 0 fully saturated rings. The topological polar surface area (TPSA) is 39.7 Å². The van der Waals surface area contributed by atoms with Crippen LogP contribution in [0.5, 0.6) is 0 Å². The van der Waals surface area contributed by atoms with Crippen LogP contribution in [0.1, 0.15) is 41.0 Å². The normalized spacial score (nSPS) is 12.6. The molecule has 0 bridgehead atoms. The average molecular weight is 303 g/mol. The molecule has 20 heavy (non-hydrogen) atoms. The summed E-state index contributed by atoms with van der Waals surface area (Å²) in [6.07, 6.45) is 3.23. The van der Waals surface area contributed by atoms with Gasteiger partial charge in [-0.15, -0.1) is 0 Å². The number of rotatable bonds is 10.